The van der Waals surface area contributed by atoms with Gasteiger partial charge >= 0.3 is 0 Å². The van der Waals surface area contributed by atoms with Crippen LogP contribution in [-0.2, 0) is 11.8 Å². The minimum atomic E-state index is 0.542. The molecule has 1 aliphatic heterocycles. The summed E-state index contributed by atoms with van der Waals surface area (Å²) in [6, 6.07) is 2.22. The topological polar surface area (TPSA) is 72.5 Å². The van der Waals surface area contributed by atoms with E-state index in [0.29, 0.717) is 5.92 Å². The van der Waals surface area contributed by atoms with Crippen molar-refractivity contribution in [3.05, 3.63) is 30.4 Å². The van der Waals surface area contributed by atoms with Crippen LogP contribution in [0.5, 0.6) is 0 Å². The summed E-state index contributed by atoms with van der Waals surface area (Å²) in [5.41, 5.74) is 4.21. The first-order chi connectivity index (χ1) is 14.8. The Morgan fingerprint density at radius 1 is 1.10 bits per heavy atom. The van der Waals surface area contributed by atoms with Crippen LogP contribution in [0.1, 0.15) is 43.7 Å². The van der Waals surface area contributed by atoms with E-state index < -0.39 is 0 Å². The van der Waals surface area contributed by atoms with E-state index in [-0.39, 0.29) is 0 Å². The normalized spacial score (nSPS) is 18.8. The predicted molar refractivity (Wildman–Crippen MR) is 117 cm³/mol. The van der Waals surface area contributed by atoms with Crippen molar-refractivity contribution >= 4 is 11.5 Å². The number of rotatable bonds is 6. The Bertz CT molecular complexity index is 983. The van der Waals surface area contributed by atoms with Gasteiger partial charge in [0.2, 0.25) is 0 Å². The van der Waals surface area contributed by atoms with Crippen LogP contribution in [0.15, 0.2) is 24.7 Å². The summed E-state index contributed by atoms with van der Waals surface area (Å²) in [6.45, 7) is 5.56. The van der Waals surface area contributed by atoms with Crippen LogP contribution in [-0.4, -0.2) is 68.7 Å². The van der Waals surface area contributed by atoms with Crippen LogP contribution in [0.2, 0.25) is 0 Å². The van der Waals surface area contributed by atoms with Crippen molar-refractivity contribution < 1.29 is 4.74 Å². The molecule has 1 saturated carbocycles. The number of hydrogen-bond acceptors (Lipinski definition) is 6. The second-order valence-electron chi connectivity index (χ2n) is 8.48. The number of aryl methyl sites for hydroxylation is 1. The van der Waals surface area contributed by atoms with Gasteiger partial charge in [-0.25, -0.2) is 4.98 Å². The van der Waals surface area contributed by atoms with Gasteiger partial charge in [0.1, 0.15) is 5.82 Å². The van der Waals surface area contributed by atoms with Gasteiger partial charge in [0.25, 0.3) is 0 Å². The number of aromatic nitrogens is 5. The second kappa shape index (κ2) is 8.73. The smallest absolute Gasteiger partial charge is 0.165 e. The molecule has 2 aliphatic rings. The number of hydrogen-bond donors (Lipinski definition) is 1. The molecule has 0 bridgehead atoms. The van der Waals surface area contributed by atoms with Crippen molar-refractivity contribution in [2.75, 3.05) is 44.7 Å². The summed E-state index contributed by atoms with van der Waals surface area (Å²) >= 11 is 0. The molecule has 8 heteroatoms. The molecule has 160 valence electrons. The third kappa shape index (κ3) is 4.06. The third-order valence-electron chi connectivity index (χ3n) is 6.37. The van der Waals surface area contributed by atoms with Crippen LogP contribution >= 0.6 is 0 Å². The van der Waals surface area contributed by atoms with Crippen LogP contribution in [0, 0.1) is 0 Å². The fraction of sp³-hybridized carbons (Fsp3) is 0.591. The molecular formula is C22H31N7O. The summed E-state index contributed by atoms with van der Waals surface area (Å²) in [6.07, 6.45) is 12.2. The lowest BCUT2D eigenvalue weighted by atomic mass is 9.87. The Morgan fingerprint density at radius 3 is 2.70 bits per heavy atom. The Balaban J connectivity index is 1.45. The molecule has 0 spiro atoms. The summed E-state index contributed by atoms with van der Waals surface area (Å²) < 4.78 is 9.24. The number of morpholine rings is 1. The highest BCUT2D eigenvalue weighted by atomic mass is 16.5. The summed E-state index contributed by atoms with van der Waals surface area (Å²) in [7, 11) is 1.94. The quantitative estimate of drug-likeness (QED) is 0.675. The molecule has 3 aromatic heterocycles. The molecular weight excluding hydrogens is 378 g/mol. The van der Waals surface area contributed by atoms with E-state index in [9.17, 15) is 0 Å². The molecule has 2 fully saturated rings. The number of nitrogens with zero attached hydrogens (tertiary/aromatic N) is 6. The number of nitrogens with one attached hydrogen (secondary N) is 1. The van der Waals surface area contributed by atoms with Crippen LogP contribution in [0.25, 0.3) is 16.8 Å². The van der Waals surface area contributed by atoms with E-state index in [1.165, 1.54) is 37.8 Å². The lowest BCUT2D eigenvalue weighted by Gasteiger charge is -2.27. The van der Waals surface area contributed by atoms with Crippen molar-refractivity contribution in [3.63, 3.8) is 0 Å². The number of ether oxygens (including phenoxy) is 1. The lowest BCUT2D eigenvalue weighted by molar-refractivity contribution is 0.0398. The second-order valence-corrected chi connectivity index (χ2v) is 8.48. The minimum absolute atomic E-state index is 0.542. The standard InChI is InChI=1S/C22H31N7O/c1-27-16-18(14-24-27)19-15-25-29-21(23-7-8-28-9-11-30-12-10-28)13-20(26-22(19)29)17-5-3-2-4-6-17/h13-17,23H,2-12H2,1H3. The van der Waals surface area contributed by atoms with Gasteiger partial charge in [-0.05, 0) is 12.8 Å². The molecule has 3 aromatic rings. The van der Waals surface area contributed by atoms with Gasteiger partial charge in [0, 0.05) is 68.2 Å². The zero-order chi connectivity index (χ0) is 20.3. The third-order valence-corrected chi connectivity index (χ3v) is 6.37. The fourth-order valence-corrected chi connectivity index (χ4v) is 4.65. The van der Waals surface area contributed by atoms with Crippen molar-refractivity contribution in [1.82, 2.24) is 29.3 Å². The number of anilines is 1. The maximum absolute atomic E-state index is 5.46. The first kappa shape index (κ1) is 19.5. The molecule has 0 amide bonds. The van der Waals surface area contributed by atoms with Crippen molar-refractivity contribution in [3.8, 4) is 11.1 Å². The van der Waals surface area contributed by atoms with E-state index >= 15 is 0 Å². The molecule has 0 aromatic carbocycles. The zero-order valence-electron chi connectivity index (χ0n) is 17.8. The van der Waals surface area contributed by atoms with Crippen molar-refractivity contribution in [2.45, 2.75) is 38.0 Å². The van der Waals surface area contributed by atoms with Crippen LogP contribution < -0.4 is 5.32 Å². The van der Waals surface area contributed by atoms with Gasteiger partial charge in [-0.3, -0.25) is 9.58 Å². The lowest BCUT2D eigenvalue weighted by Crippen LogP contribution is -2.39. The fourth-order valence-electron chi connectivity index (χ4n) is 4.65. The van der Waals surface area contributed by atoms with E-state index in [4.69, 9.17) is 9.72 Å². The first-order valence-corrected chi connectivity index (χ1v) is 11.2. The van der Waals surface area contributed by atoms with Gasteiger partial charge in [-0.15, -0.1) is 0 Å². The maximum atomic E-state index is 5.46. The van der Waals surface area contributed by atoms with E-state index in [1.807, 2.05) is 34.8 Å². The highest BCUT2D eigenvalue weighted by molar-refractivity contribution is 5.77. The molecule has 0 unspecified atom stereocenters. The highest BCUT2D eigenvalue weighted by Gasteiger charge is 2.21. The zero-order valence-corrected chi connectivity index (χ0v) is 17.8. The van der Waals surface area contributed by atoms with E-state index in [2.05, 4.69) is 26.5 Å². The largest absolute Gasteiger partial charge is 0.379 e. The molecule has 8 nitrogen and oxygen atoms in total. The van der Waals surface area contributed by atoms with Gasteiger partial charge in [0.15, 0.2) is 5.65 Å². The average Bonchev–Trinajstić information content (AvgIpc) is 3.41. The Kier molecular flexibility index (Phi) is 5.68. The maximum Gasteiger partial charge on any atom is 0.165 e. The SMILES string of the molecule is Cn1cc(-c2cnn3c(NCCN4CCOCC4)cc(C4CCCCC4)nc23)cn1. The Morgan fingerprint density at radius 2 is 1.93 bits per heavy atom. The summed E-state index contributed by atoms with van der Waals surface area (Å²) in [5.74, 6) is 1.57. The van der Waals surface area contributed by atoms with Gasteiger partial charge in [0.05, 0.1) is 25.6 Å². The molecule has 0 radical (unpaired) electrons. The molecule has 4 heterocycles. The van der Waals surface area contributed by atoms with Crippen molar-refractivity contribution in [2.24, 2.45) is 7.05 Å². The van der Waals surface area contributed by atoms with E-state index in [0.717, 1.165) is 62.0 Å². The monoisotopic (exact) mass is 409 g/mol. The summed E-state index contributed by atoms with van der Waals surface area (Å²) in [4.78, 5) is 7.55. The Hall–Kier alpha value is -2.45. The predicted octanol–water partition coefficient (Wildman–Crippen LogP) is 2.92. The van der Waals surface area contributed by atoms with Crippen LogP contribution in [0.4, 0.5) is 5.82 Å². The van der Waals surface area contributed by atoms with Gasteiger partial charge in [-0.1, -0.05) is 19.3 Å². The number of fused-ring (bicyclic) bond motifs is 1. The molecule has 30 heavy (non-hydrogen) atoms. The summed E-state index contributed by atoms with van der Waals surface area (Å²) in [5, 5.41) is 12.7. The average molecular weight is 410 g/mol. The molecule has 1 saturated heterocycles. The molecule has 1 aliphatic carbocycles. The Labute approximate surface area is 177 Å². The van der Waals surface area contributed by atoms with E-state index in [1.54, 1.807) is 0 Å². The van der Waals surface area contributed by atoms with Gasteiger partial charge in [-0.2, -0.15) is 14.7 Å². The molecule has 5 rings (SSSR count). The van der Waals surface area contributed by atoms with Crippen molar-refractivity contribution in [1.29, 1.82) is 0 Å². The molecule has 1 N–H and O–H groups in total. The highest BCUT2D eigenvalue weighted by Crippen LogP contribution is 2.34. The first-order valence-electron chi connectivity index (χ1n) is 11.2. The van der Waals surface area contributed by atoms with Crippen LogP contribution in [0.3, 0.4) is 0 Å². The minimum Gasteiger partial charge on any atom is -0.379 e. The van der Waals surface area contributed by atoms with Gasteiger partial charge < -0.3 is 10.1 Å². The molecule has 0 atom stereocenters.